The lowest BCUT2D eigenvalue weighted by molar-refractivity contribution is -0.143. The van der Waals surface area contributed by atoms with E-state index < -0.39 is 29.6 Å². The molecule has 10 heteroatoms. The van der Waals surface area contributed by atoms with Crippen LogP contribution < -0.4 is 10.6 Å². The Morgan fingerprint density at radius 1 is 0.946 bits per heavy atom. The van der Waals surface area contributed by atoms with Crippen LogP contribution in [0.2, 0.25) is 0 Å². The number of nitrogens with one attached hydrogen (secondary N) is 2. The van der Waals surface area contributed by atoms with Gasteiger partial charge < -0.3 is 15.4 Å². The SMILES string of the molecule is CC(C)(C)C(=O)NC1CCC(c2ccccc2)NC1.COC(C)c1cc(C(F)(F)F)cc(C(F)(F)F)c1. The van der Waals surface area contributed by atoms with E-state index in [9.17, 15) is 31.1 Å². The summed E-state index contributed by atoms with van der Waals surface area (Å²) < 4.78 is 79.7. The van der Waals surface area contributed by atoms with Crippen molar-refractivity contribution in [3.8, 4) is 0 Å². The molecule has 3 unspecified atom stereocenters. The van der Waals surface area contributed by atoms with Crippen LogP contribution in [0.25, 0.3) is 0 Å². The van der Waals surface area contributed by atoms with Gasteiger partial charge in [0.15, 0.2) is 0 Å². The Kier molecular flexibility index (Phi) is 10.2. The molecule has 1 amide bonds. The molecule has 3 rings (SSSR count). The maximum atomic E-state index is 12.5. The molecule has 1 saturated heterocycles. The molecule has 1 fully saturated rings. The van der Waals surface area contributed by atoms with E-state index in [1.807, 2.05) is 26.8 Å². The monoisotopic (exact) mass is 532 g/mol. The third kappa shape index (κ3) is 9.34. The molecule has 1 heterocycles. The molecule has 0 saturated carbocycles. The zero-order valence-corrected chi connectivity index (χ0v) is 21.6. The Labute approximate surface area is 213 Å². The molecule has 37 heavy (non-hydrogen) atoms. The summed E-state index contributed by atoms with van der Waals surface area (Å²) in [4.78, 5) is 11.9. The lowest BCUT2D eigenvalue weighted by Crippen LogP contribution is -2.49. The first-order valence-electron chi connectivity index (χ1n) is 11.9. The number of piperidine rings is 1. The fraction of sp³-hybridized carbons (Fsp3) is 0.519. The van der Waals surface area contributed by atoms with Crippen molar-refractivity contribution in [2.24, 2.45) is 5.41 Å². The van der Waals surface area contributed by atoms with Crippen molar-refractivity contribution in [1.82, 2.24) is 10.6 Å². The average molecular weight is 533 g/mol. The lowest BCUT2D eigenvalue weighted by Gasteiger charge is -2.32. The number of ether oxygens (including phenoxy) is 1. The van der Waals surface area contributed by atoms with Crippen molar-refractivity contribution in [2.75, 3.05) is 13.7 Å². The molecular weight excluding hydrogens is 498 g/mol. The molecule has 0 radical (unpaired) electrons. The first-order chi connectivity index (χ1) is 17.0. The van der Waals surface area contributed by atoms with E-state index in [0.29, 0.717) is 18.2 Å². The van der Waals surface area contributed by atoms with Gasteiger partial charge in [-0.1, -0.05) is 51.1 Å². The molecule has 4 nitrogen and oxygen atoms in total. The van der Waals surface area contributed by atoms with Crippen LogP contribution in [0.4, 0.5) is 26.3 Å². The molecule has 0 spiro atoms. The predicted molar refractivity (Wildman–Crippen MR) is 130 cm³/mol. The van der Waals surface area contributed by atoms with Gasteiger partial charge in [-0.15, -0.1) is 0 Å². The standard InChI is InChI=1S/C16H24N2O.C11H10F6O/c1-16(2,3)15(19)18-13-9-10-14(17-11-13)12-7-5-4-6-8-12;1-6(18-2)7-3-8(10(12,13)14)5-9(4-7)11(15,16)17/h4-8,13-14,17H,9-11H2,1-3H3,(H,18,19);3-6H,1-2H3. The molecule has 206 valence electrons. The maximum Gasteiger partial charge on any atom is 0.416 e. The number of alkyl halides is 6. The largest absolute Gasteiger partial charge is 0.416 e. The van der Waals surface area contributed by atoms with Crippen molar-refractivity contribution in [1.29, 1.82) is 0 Å². The highest BCUT2D eigenvalue weighted by molar-refractivity contribution is 5.81. The third-order valence-electron chi connectivity index (χ3n) is 6.07. The van der Waals surface area contributed by atoms with Gasteiger partial charge in [0.2, 0.25) is 5.91 Å². The number of hydrogen-bond donors (Lipinski definition) is 2. The van der Waals surface area contributed by atoms with Gasteiger partial charge >= 0.3 is 12.4 Å². The van der Waals surface area contributed by atoms with Crippen LogP contribution in [0, 0.1) is 5.41 Å². The molecule has 2 aromatic rings. The molecule has 0 bridgehead atoms. The van der Waals surface area contributed by atoms with E-state index in [-0.39, 0.29) is 29.0 Å². The zero-order chi connectivity index (χ0) is 28.0. The molecule has 1 aliphatic rings. The summed E-state index contributed by atoms with van der Waals surface area (Å²) in [5, 5.41) is 6.66. The zero-order valence-electron chi connectivity index (χ0n) is 21.6. The van der Waals surface area contributed by atoms with Gasteiger partial charge in [0.25, 0.3) is 0 Å². The summed E-state index contributed by atoms with van der Waals surface area (Å²) in [6, 6.07) is 12.6. The fourth-order valence-corrected chi connectivity index (χ4v) is 3.70. The molecule has 1 aliphatic heterocycles. The maximum absolute atomic E-state index is 12.5. The topological polar surface area (TPSA) is 50.4 Å². The van der Waals surface area contributed by atoms with Crippen LogP contribution in [-0.4, -0.2) is 25.6 Å². The number of hydrogen-bond acceptors (Lipinski definition) is 3. The predicted octanol–water partition coefficient (Wildman–Crippen LogP) is 7.07. The quantitative estimate of drug-likeness (QED) is 0.414. The Morgan fingerprint density at radius 2 is 1.49 bits per heavy atom. The molecular formula is C27H34F6N2O2. The van der Waals surface area contributed by atoms with Gasteiger partial charge in [0.05, 0.1) is 17.2 Å². The van der Waals surface area contributed by atoms with Crippen LogP contribution in [0.1, 0.15) is 74.9 Å². The van der Waals surface area contributed by atoms with Crippen LogP contribution in [0.15, 0.2) is 48.5 Å². The van der Waals surface area contributed by atoms with Crippen molar-refractivity contribution in [3.05, 3.63) is 70.8 Å². The number of methoxy groups -OCH3 is 1. The summed E-state index contributed by atoms with van der Waals surface area (Å²) in [6.45, 7) is 8.07. The highest BCUT2D eigenvalue weighted by atomic mass is 19.4. The van der Waals surface area contributed by atoms with Crippen LogP contribution >= 0.6 is 0 Å². The second kappa shape index (κ2) is 12.3. The number of carbonyl (C=O) groups excluding carboxylic acids is 1. The summed E-state index contributed by atoms with van der Waals surface area (Å²) in [5.41, 5.74) is -1.81. The van der Waals surface area contributed by atoms with Gasteiger partial charge in [-0.3, -0.25) is 4.79 Å². The Morgan fingerprint density at radius 3 is 1.89 bits per heavy atom. The average Bonchev–Trinajstić information content (AvgIpc) is 2.83. The minimum atomic E-state index is -4.83. The summed E-state index contributed by atoms with van der Waals surface area (Å²) in [6.07, 6.45) is -8.41. The van der Waals surface area contributed by atoms with Crippen molar-refractivity contribution in [3.63, 3.8) is 0 Å². The van der Waals surface area contributed by atoms with Gasteiger partial charge in [0.1, 0.15) is 0 Å². The van der Waals surface area contributed by atoms with Crippen molar-refractivity contribution >= 4 is 5.91 Å². The number of halogens is 6. The Hall–Kier alpha value is -2.59. The normalized spacial score (nSPS) is 19.4. The lowest BCUT2D eigenvalue weighted by atomic mass is 9.92. The molecule has 0 aliphatic carbocycles. The fourth-order valence-electron chi connectivity index (χ4n) is 3.70. The Bertz CT molecular complexity index is 976. The van der Waals surface area contributed by atoms with E-state index in [1.54, 1.807) is 0 Å². The number of amides is 1. The van der Waals surface area contributed by atoms with Crippen molar-refractivity contribution < 1.29 is 35.9 Å². The van der Waals surface area contributed by atoms with E-state index in [4.69, 9.17) is 4.74 Å². The third-order valence-corrected chi connectivity index (χ3v) is 6.07. The van der Waals surface area contributed by atoms with Gasteiger partial charge in [-0.25, -0.2) is 0 Å². The van der Waals surface area contributed by atoms with Crippen LogP contribution in [-0.2, 0) is 21.9 Å². The van der Waals surface area contributed by atoms with E-state index >= 15 is 0 Å². The minimum Gasteiger partial charge on any atom is -0.377 e. The number of benzene rings is 2. The van der Waals surface area contributed by atoms with Gasteiger partial charge in [0, 0.05) is 31.2 Å². The first kappa shape index (κ1) is 30.6. The number of carbonyl (C=O) groups is 1. The molecule has 2 aromatic carbocycles. The molecule has 3 atom stereocenters. The second-order valence-electron chi connectivity index (χ2n) is 10.1. The summed E-state index contributed by atoms with van der Waals surface area (Å²) in [5.74, 6) is 0.137. The minimum absolute atomic E-state index is 0.0892. The van der Waals surface area contributed by atoms with Gasteiger partial charge in [-0.05, 0) is 49.1 Å². The highest BCUT2D eigenvalue weighted by Crippen LogP contribution is 2.37. The molecule has 0 aromatic heterocycles. The van der Waals surface area contributed by atoms with Gasteiger partial charge in [-0.2, -0.15) is 26.3 Å². The van der Waals surface area contributed by atoms with Crippen LogP contribution in [0.3, 0.4) is 0 Å². The smallest absolute Gasteiger partial charge is 0.377 e. The van der Waals surface area contributed by atoms with Crippen LogP contribution in [0.5, 0.6) is 0 Å². The molecule has 2 N–H and O–H groups in total. The van der Waals surface area contributed by atoms with Crippen molar-refractivity contribution in [2.45, 2.75) is 71.1 Å². The summed E-state index contributed by atoms with van der Waals surface area (Å²) >= 11 is 0. The van der Waals surface area contributed by atoms with E-state index in [1.165, 1.54) is 19.6 Å². The summed E-state index contributed by atoms with van der Waals surface area (Å²) in [7, 11) is 1.21. The van der Waals surface area contributed by atoms with E-state index in [2.05, 4.69) is 34.9 Å². The first-order valence-corrected chi connectivity index (χ1v) is 11.9. The second-order valence-corrected chi connectivity index (χ2v) is 10.1. The Balaban J connectivity index is 0.000000261. The highest BCUT2D eigenvalue weighted by Gasteiger charge is 2.37. The number of rotatable bonds is 4. The van der Waals surface area contributed by atoms with E-state index in [0.717, 1.165) is 19.4 Å².